The molecule has 1 atom stereocenters. The fourth-order valence-electron chi connectivity index (χ4n) is 1.51. The average molecular weight is 312 g/mol. The van der Waals surface area contributed by atoms with Gasteiger partial charge in [-0.1, -0.05) is 11.6 Å². The van der Waals surface area contributed by atoms with Gasteiger partial charge < -0.3 is 0 Å². The van der Waals surface area contributed by atoms with Crippen molar-refractivity contribution in [3.8, 4) is 0 Å². The molecule has 0 saturated heterocycles. The number of hydrogen-bond acceptors (Lipinski definition) is 3. The minimum atomic E-state index is -0.506. The molecule has 3 rings (SSSR count). The summed E-state index contributed by atoms with van der Waals surface area (Å²) in [5.74, 6) is 0. The normalized spacial score (nSPS) is 17.8. The van der Waals surface area contributed by atoms with Crippen molar-refractivity contribution in [2.24, 2.45) is 4.36 Å². The van der Waals surface area contributed by atoms with Crippen LogP contribution in [-0.2, 0) is 8.94 Å². The molecule has 16 heavy (non-hydrogen) atoms. The molecule has 0 radical (unpaired) electrons. The second kappa shape index (κ2) is 4.70. The largest absolute Gasteiger partial charge is 0.264 e. The Bertz CT molecular complexity index is 601. The van der Waals surface area contributed by atoms with E-state index in [-0.39, 0.29) is 12.4 Å². The molecule has 1 aromatic heterocycles. The predicted octanol–water partition coefficient (Wildman–Crippen LogP) is 4.92. The highest BCUT2D eigenvalue weighted by Crippen LogP contribution is 2.48. The van der Waals surface area contributed by atoms with Crippen molar-refractivity contribution >= 4 is 70.9 Å². The molecule has 0 aliphatic carbocycles. The first kappa shape index (κ1) is 12.5. The van der Waals surface area contributed by atoms with E-state index in [0.717, 1.165) is 26.4 Å². The van der Waals surface area contributed by atoms with Gasteiger partial charge in [0.1, 0.15) is 0 Å². The Morgan fingerprint density at radius 3 is 2.94 bits per heavy atom. The van der Waals surface area contributed by atoms with Crippen molar-refractivity contribution in [1.29, 1.82) is 0 Å². The third kappa shape index (κ3) is 1.93. The van der Waals surface area contributed by atoms with E-state index in [9.17, 15) is 0 Å². The van der Waals surface area contributed by atoms with Gasteiger partial charge in [-0.05, 0) is 33.6 Å². The summed E-state index contributed by atoms with van der Waals surface area (Å²) in [6.07, 6.45) is 3.51. The highest BCUT2D eigenvalue weighted by Gasteiger charge is 2.18. The van der Waals surface area contributed by atoms with E-state index in [1.165, 1.54) is 10.8 Å². The van der Waals surface area contributed by atoms with Gasteiger partial charge in [-0.25, -0.2) is 0 Å². The molecule has 1 aromatic carbocycles. The molecule has 7 heteroatoms. The molecule has 84 valence electrons. The lowest BCUT2D eigenvalue weighted by Crippen LogP contribution is -1.78. The van der Waals surface area contributed by atoms with Crippen LogP contribution in [-0.4, -0.2) is 4.98 Å². The number of rotatable bonds is 0. The Balaban J connectivity index is 0.000000963. The van der Waals surface area contributed by atoms with Gasteiger partial charge in [0.2, 0.25) is 0 Å². The Labute approximate surface area is 114 Å². The zero-order valence-corrected chi connectivity index (χ0v) is 11.6. The van der Waals surface area contributed by atoms with Crippen molar-refractivity contribution in [3.63, 3.8) is 0 Å². The maximum absolute atomic E-state index is 6.17. The number of fused-ring (bicyclic) bond motifs is 3. The molecule has 2 aromatic rings. The number of halogens is 3. The summed E-state index contributed by atoms with van der Waals surface area (Å²) in [5.41, 5.74) is 0.922. The van der Waals surface area contributed by atoms with E-state index in [1.807, 2.05) is 12.1 Å². The van der Waals surface area contributed by atoms with Crippen LogP contribution in [0.5, 0.6) is 0 Å². The SMILES string of the molecule is Cl.Clc1cc2c(c3cnccc13)N=S(Cl)S2. The minimum absolute atomic E-state index is 0. The van der Waals surface area contributed by atoms with E-state index in [2.05, 4.69) is 9.35 Å². The van der Waals surface area contributed by atoms with Gasteiger partial charge in [0, 0.05) is 33.1 Å². The molecule has 0 fully saturated rings. The first-order valence-corrected chi connectivity index (χ1v) is 7.84. The number of aromatic nitrogens is 1. The molecular weight excluding hydrogens is 307 g/mol. The van der Waals surface area contributed by atoms with Gasteiger partial charge in [0.15, 0.2) is 0 Å². The fourth-order valence-corrected chi connectivity index (χ4v) is 4.81. The van der Waals surface area contributed by atoms with Crippen LogP contribution in [0, 0.1) is 0 Å². The number of nitrogens with zero attached hydrogens (tertiary/aromatic N) is 2. The molecule has 0 N–H and O–H groups in total. The average Bonchev–Trinajstić information content (AvgIpc) is 2.59. The third-order valence-electron chi connectivity index (χ3n) is 2.15. The zero-order chi connectivity index (χ0) is 10.4. The van der Waals surface area contributed by atoms with Gasteiger partial charge in [-0.3, -0.25) is 4.98 Å². The lowest BCUT2D eigenvalue weighted by molar-refractivity contribution is 1.35. The standard InChI is InChI=1S/C9H4Cl2N2S2.ClH/c10-7-3-8-9(13-15(11)14-8)6-4-12-2-1-5(6)7;/h1-4H;1H. The molecule has 1 unspecified atom stereocenters. The smallest absolute Gasteiger partial charge is 0.0966 e. The number of pyridine rings is 1. The van der Waals surface area contributed by atoms with Crippen LogP contribution in [0.3, 0.4) is 0 Å². The van der Waals surface area contributed by atoms with Gasteiger partial charge in [0.05, 0.1) is 14.6 Å². The van der Waals surface area contributed by atoms with Crippen molar-refractivity contribution in [2.45, 2.75) is 4.90 Å². The van der Waals surface area contributed by atoms with Crippen LogP contribution in [0.2, 0.25) is 5.02 Å². The molecule has 0 amide bonds. The summed E-state index contributed by atoms with van der Waals surface area (Å²) in [7, 11) is 7.02. The Kier molecular flexibility index (Phi) is 3.66. The lowest BCUT2D eigenvalue weighted by atomic mass is 10.1. The van der Waals surface area contributed by atoms with E-state index >= 15 is 0 Å². The quantitative estimate of drug-likeness (QED) is 0.645. The Hall–Kier alpha value is -0.0000000000000000555. The van der Waals surface area contributed by atoms with Crippen molar-refractivity contribution in [2.75, 3.05) is 0 Å². The van der Waals surface area contributed by atoms with Gasteiger partial charge in [-0.2, -0.15) is 4.36 Å². The lowest BCUT2D eigenvalue weighted by Gasteiger charge is -2.03. The summed E-state index contributed by atoms with van der Waals surface area (Å²) in [4.78, 5) is 5.13. The highest BCUT2D eigenvalue weighted by atomic mass is 35.7. The summed E-state index contributed by atoms with van der Waals surface area (Å²) in [5, 5.41) is 2.68. The van der Waals surface area contributed by atoms with Crippen LogP contribution in [0.1, 0.15) is 0 Å². The topological polar surface area (TPSA) is 25.2 Å². The van der Waals surface area contributed by atoms with E-state index < -0.39 is 8.94 Å². The van der Waals surface area contributed by atoms with Gasteiger partial charge >= 0.3 is 0 Å². The van der Waals surface area contributed by atoms with Gasteiger partial charge in [0.25, 0.3) is 0 Å². The summed E-state index contributed by atoms with van der Waals surface area (Å²) >= 11 is 6.17. The molecule has 1 aliphatic rings. The second-order valence-corrected chi connectivity index (χ2v) is 7.49. The Morgan fingerprint density at radius 1 is 1.31 bits per heavy atom. The number of hydrogen-bond donors (Lipinski definition) is 0. The van der Waals surface area contributed by atoms with E-state index in [0.29, 0.717) is 0 Å². The summed E-state index contributed by atoms with van der Waals surface area (Å²) < 4.78 is 4.38. The van der Waals surface area contributed by atoms with Crippen LogP contribution < -0.4 is 0 Å². The number of benzene rings is 1. The summed E-state index contributed by atoms with van der Waals surface area (Å²) in [6, 6.07) is 3.81. The first-order chi connectivity index (χ1) is 7.25. The van der Waals surface area contributed by atoms with Gasteiger partial charge in [-0.15, -0.1) is 12.4 Å². The van der Waals surface area contributed by atoms with E-state index in [1.54, 1.807) is 12.4 Å². The third-order valence-corrected chi connectivity index (χ3v) is 5.36. The fraction of sp³-hybridized carbons (Fsp3) is 0. The Morgan fingerprint density at radius 2 is 2.12 bits per heavy atom. The van der Waals surface area contributed by atoms with Crippen molar-refractivity contribution < 1.29 is 0 Å². The van der Waals surface area contributed by atoms with E-state index in [4.69, 9.17) is 22.3 Å². The predicted molar refractivity (Wildman–Crippen MR) is 75.2 cm³/mol. The summed E-state index contributed by atoms with van der Waals surface area (Å²) in [6.45, 7) is 0. The van der Waals surface area contributed by atoms with Crippen molar-refractivity contribution in [3.05, 3.63) is 29.5 Å². The first-order valence-electron chi connectivity index (χ1n) is 4.12. The van der Waals surface area contributed by atoms with Crippen LogP contribution in [0.15, 0.2) is 33.8 Å². The molecular formula is C9H5Cl3N2S2. The highest BCUT2D eigenvalue weighted by molar-refractivity contribution is 8.78. The maximum Gasteiger partial charge on any atom is 0.0966 e. The molecule has 2 nitrogen and oxygen atoms in total. The molecule has 0 bridgehead atoms. The molecule has 1 aliphatic heterocycles. The minimum Gasteiger partial charge on any atom is -0.264 e. The van der Waals surface area contributed by atoms with Crippen LogP contribution in [0.25, 0.3) is 10.8 Å². The molecule has 0 spiro atoms. The molecule has 2 heterocycles. The van der Waals surface area contributed by atoms with Crippen LogP contribution >= 0.6 is 45.5 Å². The molecule has 0 saturated carbocycles. The second-order valence-electron chi connectivity index (χ2n) is 3.01. The zero-order valence-electron chi connectivity index (χ0n) is 7.68. The van der Waals surface area contributed by atoms with Crippen LogP contribution in [0.4, 0.5) is 5.69 Å². The maximum atomic E-state index is 6.17. The monoisotopic (exact) mass is 310 g/mol. The van der Waals surface area contributed by atoms with Crippen molar-refractivity contribution in [1.82, 2.24) is 4.98 Å².